The van der Waals surface area contributed by atoms with Crippen molar-refractivity contribution in [1.82, 2.24) is 9.80 Å². The van der Waals surface area contributed by atoms with Crippen LogP contribution in [0, 0.1) is 0 Å². The maximum Gasteiger partial charge on any atom is 0.295 e. The first-order chi connectivity index (χ1) is 14.4. The van der Waals surface area contributed by atoms with Gasteiger partial charge in [-0.05, 0) is 50.0 Å². The number of benzene rings is 2. The summed E-state index contributed by atoms with van der Waals surface area (Å²) in [5, 5.41) is 11.6. The van der Waals surface area contributed by atoms with E-state index in [-0.39, 0.29) is 18.1 Å². The second-order valence-electron chi connectivity index (χ2n) is 7.42. The number of aliphatic hydroxyl groups excluding tert-OH is 1. The molecule has 0 spiro atoms. The Balaban J connectivity index is 1.83. The fraction of sp³-hybridized carbons (Fsp3) is 0.273. The Morgan fingerprint density at radius 2 is 1.93 bits per heavy atom. The summed E-state index contributed by atoms with van der Waals surface area (Å²) in [6.45, 7) is 0.984. The highest BCUT2D eigenvalue weighted by atomic mass is 35.5. The minimum atomic E-state index is -0.742. The largest absolute Gasteiger partial charge is 0.507 e. The molecule has 2 aliphatic rings. The predicted molar refractivity (Wildman–Crippen MR) is 112 cm³/mol. The molecule has 30 heavy (non-hydrogen) atoms. The van der Waals surface area contributed by atoms with Gasteiger partial charge in [-0.1, -0.05) is 23.7 Å². The van der Waals surface area contributed by atoms with Crippen LogP contribution in [0.3, 0.4) is 0 Å². The van der Waals surface area contributed by atoms with Gasteiger partial charge < -0.3 is 24.4 Å². The number of ether oxygens (including phenoxy) is 2. The average Bonchev–Trinajstić information content (AvgIpc) is 3.28. The van der Waals surface area contributed by atoms with E-state index in [2.05, 4.69) is 0 Å². The van der Waals surface area contributed by atoms with Crippen LogP contribution in [-0.2, 0) is 9.59 Å². The molecule has 1 amide bonds. The summed E-state index contributed by atoms with van der Waals surface area (Å²) in [6, 6.07) is 11.1. The number of rotatable bonds is 5. The van der Waals surface area contributed by atoms with Gasteiger partial charge in [0, 0.05) is 23.7 Å². The van der Waals surface area contributed by atoms with Crippen LogP contribution in [0.25, 0.3) is 5.76 Å². The topological polar surface area (TPSA) is 79.3 Å². The van der Waals surface area contributed by atoms with E-state index in [9.17, 15) is 14.7 Å². The van der Waals surface area contributed by atoms with Gasteiger partial charge in [0.2, 0.25) is 6.79 Å². The number of aliphatic hydroxyl groups is 1. The van der Waals surface area contributed by atoms with Gasteiger partial charge in [-0.3, -0.25) is 9.59 Å². The van der Waals surface area contributed by atoms with E-state index in [0.717, 1.165) is 0 Å². The van der Waals surface area contributed by atoms with E-state index in [1.807, 2.05) is 19.0 Å². The number of halogens is 1. The highest BCUT2D eigenvalue weighted by Gasteiger charge is 2.46. The number of likely N-dealkylation sites (tertiary alicyclic amines) is 1. The Morgan fingerprint density at radius 3 is 2.67 bits per heavy atom. The van der Waals surface area contributed by atoms with Crippen LogP contribution in [0.4, 0.5) is 0 Å². The highest BCUT2D eigenvalue weighted by molar-refractivity contribution is 6.46. The third-order valence-electron chi connectivity index (χ3n) is 5.14. The molecule has 2 aromatic carbocycles. The molecule has 8 heteroatoms. The molecule has 1 N–H and O–H groups in total. The molecular formula is C22H21ClN2O5. The van der Waals surface area contributed by atoms with Gasteiger partial charge in [-0.15, -0.1) is 0 Å². The van der Waals surface area contributed by atoms with E-state index in [1.165, 1.54) is 4.90 Å². The maximum atomic E-state index is 13.0. The number of carbonyl (C=O) groups excluding carboxylic acids is 2. The SMILES string of the molecule is CN(C)CCN1C(=O)C(=O)/C(=C(/O)c2ccc3c(c2)OCO3)C1c1cccc(Cl)c1. The van der Waals surface area contributed by atoms with Crippen molar-refractivity contribution < 1.29 is 24.2 Å². The monoisotopic (exact) mass is 428 g/mol. The van der Waals surface area contributed by atoms with Crippen LogP contribution in [0.2, 0.25) is 5.02 Å². The van der Waals surface area contributed by atoms with Crippen LogP contribution < -0.4 is 9.47 Å². The predicted octanol–water partition coefficient (Wildman–Crippen LogP) is 3.05. The van der Waals surface area contributed by atoms with Crippen molar-refractivity contribution in [2.24, 2.45) is 0 Å². The van der Waals surface area contributed by atoms with E-state index in [4.69, 9.17) is 21.1 Å². The van der Waals surface area contributed by atoms with Gasteiger partial charge in [0.15, 0.2) is 11.5 Å². The summed E-state index contributed by atoms with van der Waals surface area (Å²) in [6.07, 6.45) is 0. The van der Waals surface area contributed by atoms with Crippen molar-refractivity contribution in [2.45, 2.75) is 6.04 Å². The summed E-state index contributed by atoms with van der Waals surface area (Å²) in [7, 11) is 3.77. The average molecular weight is 429 g/mol. The van der Waals surface area contributed by atoms with Crippen LogP contribution in [-0.4, -0.2) is 60.6 Å². The van der Waals surface area contributed by atoms with E-state index in [1.54, 1.807) is 42.5 Å². The summed E-state index contributed by atoms with van der Waals surface area (Å²) in [5.41, 5.74) is 1.06. The second kappa shape index (κ2) is 8.01. The third-order valence-corrected chi connectivity index (χ3v) is 5.37. The molecule has 1 fully saturated rings. The number of likely N-dealkylation sites (N-methyl/N-ethyl adjacent to an activating group) is 1. The minimum Gasteiger partial charge on any atom is -0.507 e. The molecule has 7 nitrogen and oxygen atoms in total. The molecule has 156 valence electrons. The molecule has 1 saturated heterocycles. The molecule has 1 atom stereocenters. The molecule has 4 rings (SSSR count). The third kappa shape index (κ3) is 3.62. The van der Waals surface area contributed by atoms with Gasteiger partial charge in [0.1, 0.15) is 5.76 Å². The zero-order valence-corrected chi connectivity index (χ0v) is 17.3. The van der Waals surface area contributed by atoms with E-state index >= 15 is 0 Å². The van der Waals surface area contributed by atoms with Crippen molar-refractivity contribution in [2.75, 3.05) is 34.0 Å². The first-order valence-electron chi connectivity index (χ1n) is 9.45. The van der Waals surface area contributed by atoms with E-state index in [0.29, 0.717) is 40.7 Å². The Hall–Kier alpha value is -3.03. The molecule has 1 unspecified atom stereocenters. The van der Waals surface area contributed by atoms with Crippen LogP contribution >= 0.6 is 11.6 Å². The van der Waals surface area contributed by atoms with Gasteiger partial charge in [-0.25, -0.2) is 0 Å². The first kappa shape index (κ1) is 20.3. The minimum absolute atomic E-state index is 0.0277. The first-order valence-corrected chi connectivity index (χ1v) is 9.83. The number of Topliss-reactive ketones (excluding diaryl/α,β-unsaturated/α-hetero) is 1. The number of nitrogens with zero attached hydrogens (tertiary/aromatic N) is 2. The summed E-state index contributed by atoms with van der Waals surface area (Å²) < 4.78 is 10.7. The highest BCUT2D eigenvalue weighted by Crippen LogP contribution is 2.41. The fourth-order valence-electron chi connectivity index (χ4n) is 3.64. The lowest BCUT2D eigenvalue weighted by Crippen LogP contribution is -2.35. The summed E-state index contributed by atoms with van der Waals surface area (Å²) in [4.78, 5) is 29.2. The summed E-state index contributed by atoms with van der Waals surface area (Å²) >= 11 is 6.17. The Morgan fingerprint density at radius 1 is 1.17 bits per heavy atom. The number of hydrogen-bond acceptors (Lipinski definition) is 6. The van der Waals surface area contributed by atoms with Crippen molar-refractivity contribution in [3.05, 3.63) is 64.2 Å². The number of fused-ring (bicyclic) bond motifs is 1. The second-order valence-corrected chi connectivity index (χ2v) is 7.86. The van der Waals surface area contributed by atoms with E-state index < -0.39 is 17.7 Å². The lowest BCUT2D eigenvalue weighted by molar-refractivity contribution is -0.140. The lowest BCUT2D eigenvalue weighted by Gasteiger charge is -2.26. The van der Waals surface area contributed by atoms with Crippen LogP contribution in [0.5, 0.6) is 11.5 Å². The molecule has 2 heterocycles. The molecule has 0 aliphatic carbocycles. The van der Waals surface area contributed by atoms with Crippen molar-refractivity contribution in [3.8, 4) is 11.5 Å². The molecule has 0 saturated carbocycles. The van der Waals surface area contributed by atoms with Gasteiger partial charge in [-0.2, -0.15) is 0 Å². The van der Waals surface area contributed by atoms with Crippen LogP contribution in [0.15, 0.2) is 48.0 Å². The van der Waals surface area contributed by atoms with Crippen LogP contribution in [0.1, 0.15) is 17.2 Å². The fourth-order valence-corrected chi connectivity index (χ4v) is 3.84. The lowest BCUT2D eigenvalue weighted by atomic mass is 9.95. The maximum absolute atomic E-state index is 13.0. The Kier molecular flexibility index (Phi) is 5.40. The standard InChI is InChI=1S/C22H21ClN2O5/c1-24(2)8-9-25-19(13-4-3-5-15(23)10-13)18(21(27)22(25)28)20(26)14-6-7-16-17(11-14)30-12-29-16/h3-7,10-11,19,26H,8-9,12H2,1-2H3/b20-18+. The zero-order valence-electron chi connectivity index (χ0n) is 16.6. The van der Waals surface area contributed by atoms with Crippen molar-refractivity contribution >= 4 is 29.1 Å². The molecule has 2 aliphatic heterocycles. The Bertz CT molecular complexity index is 1050. The quantitative estimate of drug-likeness (QED) is 0.448. The van der Waals surface area contributed by atoms with Crippen molar-refractivity contribution in [3.63, 3.8) is 0 Å². The zero-order chi connectivity index (χ0) is 21.4. The molecule has 0 aromatic heterocycles. The van der Waals surface area contributed by atoms with Gasteiger partial charge >= 0.3 is 0 Å². The Labute approximate surface area is 179 Å². The van der Waals surface area contributed by atoms with Gasteiger partial charge in [0.25, 0.3) is 11.7 Å². The summed E-state index contributed by atoms with van der Waals surface area (Å²) in [5.74, 6) is -0.605. The van der Waals surface area contributed by atoms with Crippen molar-refractivity contribution in [1.29, 1.82) is 0 Å². The number of amides is 1. The normalized spacial score (nSPS) is 19.7. The molecular weight excluding hydrogens is 408 g/mol. The number of ketones is 1. The number of carbonyl (C=O) groups is 2. The molecule has 0 bridgehead atoms. The van der Waals surface area contributed by atoms with Gasteiger partial charge in [0.05, 0.1) is 11.6 Å². The molecule has 0 radical (unpaired) electrons. The smallest absolute Gasteiger partial charge is 0.295 e. The number of hydrogen-bond donors (Lipinski definition) is 1. The molecule has 2 aromatic rings.